The summed E-state index contributed by atoms with van der Waals surface area (Å²) in [6.45, 7) is 1.53. The molecule has 0 radical (unpaired) electrons. The fourth-order valence-corrected chi connectivity index (χ4v) is 4.07. The Morgan fingerprint density at radius 3 is 2.41 bits per heavy atom. The van der Waals surface area contributed by atoms with Gasteiger partial charge in [-0.2, -0.15) is 0 Å². The Hall–Kier alpha value is -3.98. The molecule has 4 rings (SSSR count). The number of nitrogens with one attached hydrogen (secondary N) is 1. The van der Waals surface area contributed by atoms with Gasteiger partial charge in [0.25, 0.3) is 5.91 Å². The van der Waals surface area contributed by atoms with E-state index >= 15 is 0 Å². The molecule has 9 nitrogen and oxygen atoms in total. The van der Waals surface area contributed by atoms with Crippen LogP contribution in [0, 0.1) is 0 Å². The maximum Gasteiger partial charge on any atom is 0.255 e. The third-order valence-electron chi connectivity index (χ3n) is 5.93. The van der Waals surface area contributed by atoms with E-state index in [4.69, 9.17) is 4.74 Å². The van der Waals surface area contributed by atoms with Gasteiger partial charge in [-0.25, -0.2) is 0 Å². The van der Waals surface area contributed by atoms with Crippen molar-refractivity contribution >= 4 is 17.5 Å². The molecule has 1 fully saturated rings. The first-order valence-corrected chi connectivity index (χ1v) is 11.1. The van der Waals surface area contributed by atoms with Crippen molar-refractivity contribution in [2.75, 3.05) is 44.8 Å². The van der Waals surface area contributed by atoms with E-state index in [9.17, 15) is 19.8 Å². The van der Waals surface area contributed by atoms with Crippen molar-refractivity contribution in [3.8, 4) is 17.2 Å². The zero-order valence-corrected chi connectivity index (χ0v) is 18.9. The summed E-state index contributed by atoms with van der Waals surface area (Å²) >= 11 is 0. The third kappa shape index (κ3) is 4.84. The fourth-order valence-electron chi connectivity index (χ4n) is 4.07. The topological polar surface area (TPSA) is 107 Å². The lowest BCUT2D eigenvalue weighted by Crippen LogP contribution is -2.56. The number of aliphatic hydroxyl groups is 1. The van der Waals surface area contributed by atoms with Crippen LogP contribution in [0.5, 0.6) is 11.5 Å². The molecule has 1 aliphatic heterocycles. The first kappa shape index (κ1) is 23.2. The van der Waals surface area contributed by atoms with Crippen LogP contribution in [-0.4, -0.2) is 77.4 Å². The van der Waals surface area contributed by atoms with E-state index in [-0.39, 0.29) is 17.2 Å². The number of aromatic nitrogens is 1. The SMILES string of the molecule is COc1ccccc1N1CCN(C(=O)[C@H](CO)NC(=O)c2cc(-n3cccc3)ccc2O)CC1. The molecule has 1 aliphatic rings. The molecule has 2 amide bonds. The summed E-state index contributed by atoms with van der Waals surface area (Å²) in [5, 5.41) is 22.6. The van der Waals surface area contributed by atoms with Gasteiger partial charge in [-0.3, -0.25) is 9.59 Å². The quantitative estimate of drug-likeness (QED) is 0.491. The number of carbonyl (C=O) groups excluding carboxylic acids is 2. The van der Waals surface area contributed by atoms with Gasteiger partial charge in [0, 0.05) is 44.3 Å². The predicted octanol–water partition coefficient (Wildman–Crippen LogP) is 1.63. The minimum Gasteiger partial charge on any atom is -0.507 e. The highest BCUT2D eigenvalue weighted by Gasteiger charge is 2.29. The van der Waals surface area contributed by atoms with Crippen molar-refractivity contribution in [2.24, 2.45) is 0 Å². The zero-order valence-electron chi connectivity index (χ0n) is 18.9. The smallest absolute Gasteiger partial charge is 0.255 e. The monoisotopic (exact) mass is 464 g/mol. The number of aliphatic hydroxyl groups excluding tert-OH is 1. The van der Waals surface area contributed by atoms with Crippen LogP contribution in [0.25, 0.3) is 5.69 Å². The Balaban J connectivity index is 1.41. The molecule has 3 aromatic rings. The van der Waals surface area contributed by atoms with E-state index in [2.05, 4.69) is 10.2 Å². The fraction of sp³-hybridized carbons (Fsp3) is 0.280. The van der Waals surface area contributed by atoms with E-state index in [1.54, 1.807) is 22.6 Å². The first-order valence-electron chi connectivity index (χ1n) is 11.1. The van der Waals surface area contributed by atoms with Crippen LogP contribution in [0.4, 0.5) is 5.69 Å². The number of phenolic OH excluding ortho intramolecular Hbond substituents is 1. The van der Waals surface area contributed by atoms with Crippen LogP contribution in [0.3, 0.4) is 0 Å². The van der Waals surface area contributed by atoms with Gasteiger partial charge in [0.2, 0.25) is 5.91 Å². The second-order valence-electron chi connectivity index (χ2n) is 7.98. The Bertz CT molecular complexity index is 1140. The average Bonchev–Trinajstić information content (AvgIpc) is 3.42. The molecule has 1 saturated heterocycles. The van der Waals surface area contributed by atoms with E-state index in [0.717, 1.165) is 11.4 Å². The summed E-state index contributed by atoms with van der Waals surface area (Å²) < 4.78 is 7.23. The number of hydrogen-bond donors (Lipinski definition) is 3. The normalized spacial score (nSPS) is 14.5. The van der Waals surface area contributed by atoms with Gasteiger partial charge in [0.15, 0.2) is 0 Å². The van der Waals surface area contributed by atoms with Crippen molar-refractivity contribution < 1.29 is 24.5 Å². The average molecular weight is 465 g/mol. The van der Waals surface area contributed by atoms with Gasteiger partial charge < -0.3 is 34.6 Å². The highest BCUT2D eigenvalue weighted by Crippen LogP contribution is 2.28. The number of piperazine rings is 1. The summed E-state index contributed by atoms with van der Waals surface area (Å²) in [5.41, 5.74) is 1.67. The van der Waals surface area contributed by atoms with Crippen LogP contribution in [-0.2, 0) is 4.79 Å². The van der Waals surface area contributed by atoms with E-state index in [1.807, 2.05) is 48.8 Å². The maximum absolute atomic E-state index is 13.0. The lowest BCUT2D eigenvalue weighted by atomic mass is 10.1. The molecule has 0 aliphatic carbocycles. The van der Waals surface area contributed by atoms with Crippen molar-refractivity contribution in [3.05, 3.63) is 72.6 Å². The van der Waals surface area contributed by atoms with Gasteiger partial charge in [0.05, 0.1) is 25.0 Å². The van der Waals surface area contributed by atoms with Gasteiger partial charge in [-0.15, -0.1) is 0 Å². The molecular formula is C25H28N4O5. The van der Waals surface area contributed by atoms with Gasteiger partial charge in [0.1, 0.15) is 17.5 Å². The molecule has 34 heavy (non-hydrogen) atoms. The van der Waals surface area contributed by atoms with E-state index < -0.39 is 18.6 Å². The maximum atomic E-state index is 13.0. The largest absolute Gasteiger partial charge is 0.507 e. The molecule has 3 N–H and O–H groups in total. The Morgan fingerprint density at radius 2 is 1.74 bits per heavy atom. The number of aromatic hydroxyl groups is 1. The molecule has 178 valence electrons. The second-order valence-corrected chi connectivity index (χ2v) is 7.98. The molecule has 1 aromatic heterocycles. The summed E-state index contributed by atoms with van der Waals surface area (Å²) in [4.78, 5) is 29.7. The highest BCUT2D eigenvalue weighted by molar-refractivity contribution is 6.00. The molecule has 2 aromatic carbocycles. The number of phenols is 1. The van der Waals surface area contributed by atoms with Gasteiger partial charge >= 0.3 is 0 Å². The molecule has 1 atom stereocenters. The molecule has 9 heteroatoms. The van der Waals surface area contributed by atoms with Crippen molar-refractivity contribution in [1.29, 1.82) is 0 Å². The minimum atomic E-state index is -1.11. The van der Waals surface area contributed by atoms with Crippen LogP contribution in [0.1, 0.15) is 10.4 Å². The lowest BCUT2D eigenvalue weighted by molar-refractivity contribution is -0.134. The molecule has 2 heterocycles. The number of nitrogens with zero attached hydrogens (tertiary/aromatic N) is 3. The Labute approximate surface area is 197 Å². The number of para-hydroxylation sites is 2. The minimum absolute atomic E-state index is 0.0263. The summed E-state index contributed by atoms with van der Waals surface area (Å²) in [6, 6.07) is 14.9. The molecule has 0 spiro atoms. The van der Waals surface area contributed by atoms with Crippen molar-refractivity contribution in [3.63, 3.8) is 0 Å². The third-order valence-corrected chi connectivity index (χ3v) is 5.93. The van der Waals surface area contributed by atoms with Crippen LogP contribution >= 0.6 is 0 Å². The Kier molecular flexibility index (Phi) is 7.03. The summed E-state index contributed by atoms with van der Waals surface area (Å²) in [6.07, 6.45) is 3.64. The standard InChI is InChI=1S/C25H28N4O5/c1-34-23-7-3-2-6-21(23)28-12-14-29(15-13-28)25(33)20(17-30)26-24(32)19-16-18(8-9-22(19)31)27-10-4-5-11-27/h2-11,16,20,30-31H,12-15,17H2,1H3,(H,26,32)/t20-/m0/s1. The van der Waals surface area contributed by atoms with Crippen molar-refractivity contribution in [1.82, 2.24) is 14.8 Å². The number of methoxy groups -OCH3 is 1. The Morgan fingerprint density at radius 1 is 1.03 bits per heavy atom. The summed E-state index contributed by atoms with van der Waals surface area (Å²) in [7, 11) is 1.62. The van der Waals surface area contributed by atoms with Crippen LogP contribution in [0.2, 0.25) is 0 Å². The molecule has 0 saturated carbocycles. The van der Waals surface area contributed by atoms with Crippen LogP contribution in [0.15, 0.2) is 67.0 Å². The molecule has 0 bridgehead atoms. The van der Waals surface area contributed by atoms with E-state index in [0.29, 0.717) is 31.9 Å². The van der Waals surface area contributed by atoms with Gasteiger partial charge in [-0.1, -0.05) is 12.1 Å². The number of amides is 2. The number of hydrogen-bond acceptors (Lipinski definition) is 6. The number of anilines is 1. The first-order chi connectivity index (χ1) is 16.5. The van der Waals surface area contributed by atoms with E-state index in [1.165, 1.54) is 12.1 Å². The highest BCUT2D eigenvalue weighted by atomic mass is 16.5. The lowest BCUT2D eigenvalue weighted by Gasteiger charge is -2.37. The van der Waals surface area contributed by atoms with Gasteiger partial charge in [-0.05, 0) is 42.5 Å². The molecular weight excluding hydrogens is 436 g/mol. The number of ether oxygens (including phenoxy) is 1. The summed E-state index contributed by atoms with van der Waals surface area (Å²) in [5.74, 6) is -0.434. The number of rotatable bonds is 7. The second kappa shape index (κ2) is 10.3. The van der Waals surface area contributed by atoms with Crippen LogP contribution < -0.4 is 15.0 Å². The molecule has 0 unspecified atom stereocenters. The predicted molar refractivity (Wildman–Crippen MR) is 128 cm³/mol. The zero-order chi connectivity index (χ0) is 24.1. The number of benzene rings is 2. The number of carbonyl (C=O) groups is 2. The van der Waals surface area contributed by atoms with Crippen molar-refractivity contribution in [2.45, 2.75) is 6.04 Å².